The second-order valence-electron chi connectivity index (χ2n) is 5.91. The summed E-state index contributed by atoms with van der Waals surface area (Å²) in [5, 5.41) is 0. The highest BCUT2D eigenvalue weighted by molar-refractivity contribution is 7.95. The van der Waals surface area contributed by atoms with E-state index in [2.05, 4.69) is 0 Å². The lowest BCUT2D eigenvalue weighted by molar-refractivity contribution is -0.196. The summed E-state index contributed by atoms with van der Waals surface area (Å²) in [6.45, 7) is 8.26. The summed E-state index contributed by atoms with van der Waals surface area (Å²) in [5.74, 6) is -1.21. The number of rotatable bonds is 6. The van der Waals surface area contributed by atoms with E-state index in [0.29, 0.717) is 12.5 Å². The first-order valence-corrected chi connectivity index (χ1v) is 8.31. The number of ether oxygens (including phenoxy) is 3. The maximum absolute atomic E-state index is 11.5. The third-order valence-corrected chi connectivity index (χ3v) is 4.09. The SMILES string of the molecule is CC(=O)OS[C@@H]1OC[C@@H](CC(C)C)[C@H](OC(C)=O)[C@H]1OC(C)=O. The molecule has 0 aromatic heterocycles. The highest BCUT2D eigenvalue weighted by Gasteiger charge is 2.46. The first kappa shape index (κ1) is 19.8. The summed E-state index contributed by atoms with van der Waals surface area (Å²) >= 11 is 0.767. The Hall–Kier alpha value is -1.28. The lowest BCUT2D eigenvalue weighted by Crippen LogP contribution is -2.53. The minimum absolute atomic E-state index is 0.0996. The van der Waals surface area contributed by atoms with E-state index in [1.807, 2.05) is 13.8 Å². The number of carbonyl (C=O) groups is 3. The zero-order chi connectivity index (χ0) is 17.6. The molecule has 1 fully saturated rings. The molecule has 1 rings (SSSR count). The quantitative estimate of drug-likeness (QED) is 0.532. The summed E-state index contributed by atoms with van der Waals surface area (Å²) in [7, 11) is 0. The summed E-state index contributed by atoms with van der Waals surface area (Å²) in [6.07, 6.45) is -0.723. The van der Waals surface area contributed by atoms with Crippen LogP contribution in [0.25, 0.3) is 0 Å². The van der Waals surface area contributed by atoms with Gasteiger partial charge in [0.25, 0.3) is 0 Å². The van der Waals surface area contributed by atoms with E-state index >= 15 is 0 Å². The predicted octanol–water partition coefficient (Wildman–Crippen LogP) is 2.08. The Morgan fingerprint density at radius 2 is 1.61 bits per heavy atom. The van der Waals surface area contributed by atoms with Crippen molar-refractivity contribution in [3.63, 3.8) is 0 Å². The van der Waals surface area contributed by atoms with Crippen molar-refractivity contribution >= 4 is 30.0 Å². The van der Waals surface area contributed by atoms with E-state index in [9.17, 15) is 14.4 Å². The van der Waals surface area contributed by atoms with Gasteiger partial charge in [0.15, 0.2) is 11.5 Å². The molecule has 0 aliphatic carbocycles. The minimum Gasteiger partial charge on any atom is -0.458 e. The van der Waals surface area contributed by atoms with Gasteiger partial charge < -0.3 is 18.4 Å². The monoisotopic (exact) mass is 348 g/mol. The van der Waals surface area contributed by atoms with Crippen molar-refractivity contribution < 1.29 is 32.8 Å². The van der Waals surface area contributed by atoms with Gasteiger partial charge in [-0.25, -0.2) is 0 Å². The van der Waals surface area contributed by atoms with E-state index in [1.54, 1.807) is 0 Å². The topological polar surface area (TPSA) is 88.1 Å². The lowest BCUT2D eigenvalue weighted by Gasteiger charge is -2.40. The zero-order valence-electron chi connectivity index (χ0n) is 14.1. The van der Waals surface area contributed by atoms with Crippen molar-refractivity contribution in [3.8, 4) is 0 Å². The van der Waals surface area contributed by atoms with Crippen molar-refractivity contribution in [1.82, 2.24) is 0 Å². The molecule has 0 radical (unpaired) electrons. The summed E-state index contributed by atoms with van der Waals surface area (Å²) in [5.41, 5.74) is -0.740. The fraction of sp³-hybridized carbons (Fsp3) is 0.800. The number of hydrogen-bond donors (Lipinski definition) is 0. The van der Waals surface area contributed by atoms with Gasteiger partial charge in [0.1, 0.15) is 6.10 Å². The third kappa shape index (κ3) is 6.78. The number of hydrogen-bond acceptors (Lipinski definition) is 8. The second-order valence-corrected chi connectivity index (χ2v) is 6.73. The predicted molar refractivity (Wildman–Crippen MR) is 83.2 cm³/mol. The van der Waals surface area contributed by atoms with Crippen molar-refractivity contribution in [2.45, 2.75) is 58.7 Å². The van der Waals surface area contributed by atoms with E-state index in [1.165, 1.54) is 20.8 Å². The van der Waals surface area contributed by atoms with Gasteiger partial charge in [0.05, 0.1) is 18.6 Å². The molecule has 0 bridgehead atoms. The fourth-order valence-electron chi connectivity index (χ4n) is 2.51. The average molecular weight is 348 g/mol. The van der Waals surface area contributed by atoms with E-state index in [0.717, 1.165) is 18.5 Å². The van der Waals surface area contributed by atoms with E-state index in [4.69, 9.17) is 18.4 Å². The number of carbonyl (C=O) groups excluding carboxylic acids is 3. The maximum Gasteiger partial charge on any atom is 0.314 e. The highest BCUT2D eigenvalue weighted by Crippen LogP contribution is 2.35. The molecule has 4 atom stereocenters. The van der Waals surface area contributed by atoms with E-state index in [-0.39, 0.29) is 5.92 Å². The molecule has 0 N–H and O–H groups in total. The fourth-order valence-corrected chi connectivity index (χ4v) is 3.19. The lowest BCUT2D eigenvalue weighted by atomic mass is 9.88. The molecule has 132 valence electrons. The van der Waals surface area contributed by atoms with Crippen LogP contribution >= 0.6 is 12.0 Å². The Balaban J connectivity index is 2.96. The van der Waals surface area contributed by atoms with Gasteiger partial charge in [-0.2, -0.15) is 0 Å². The molecule has 0 amide bonds. The third-order valence-electron chi connectivity index (χ3n) is 3.17. The Kier molecular flexibility index (Phi) is 7.84. The van der Waals surface area contributed by atoms with Gasteiger partial charge in [-0.1, -0.05) is 13.8 Å². The molecule has 1 saturated heterocycles. The molecule has 1 aliphatic heterocycles. The first-order valence-electron chi connectivity index (χ1n) is 7.50. The van der Waals surface area contributed by atoms with Crippen molar-refractivity contribution in [2.75, 3.05) is 6.61 Å². The van der Waals surface area contributed by atoms with Crippen LogP contribution in [0, 0.1) is 11.8 Å². The van der Waals surface area contributed by atoms with Gasteiger partial charge in [-0.3, -0.25) is 14.4 Å². The van der Waals surface area contributed by atoms with Crippen LogP contribution in [-0.4, -0.2) is 42.2 Å². The van der Waals surface area contributed by atoms with Crippen molar-refractivity contribution in [3.05, 3.63) is 0 Å². The smallest absolute Gasteiger partial charge is 0.314 e. The highest BCUT2D eigenvalue weighted by atomic mass is 32.2. The van der Waals surface area contributed by atoms with Crippen LogP contribution in [0.15, 0.2) is 0 Å². The van der Waals surface area contributed by atoms with Gasteiger partial charge >= 0.3 is 17.9 Å². The van der Waals surface area contributed by atoms with Crippen LogP contribution in [0.5, 0.6) is 0 Å². The average Bonchev–Trinajstić information content (AvgIpc) is 2.39. The van der Waals surface area contributed by atoms with Crippen molar-refractivity contribution in [1.29, 1.82) is 0 Å². The molecule has 1 aliphatic rings. The summed E-state index contributed by atoms with van der Waals surface area (Å²) in [4.78, 5) is 33.9. The molecule has 0 aromatic rings. The van der Waals surface area contributed by atoms with Crippen LogP contribution in [0.3, 0.4) is 0 Å². The second kappa shape index (κ2) is 9.12. The Morgan fingerprint density at radius 1 is 1.04 bits per heavy atom. The molecule has 0 saturated carbocycles. The molecule has 23 heavy (non-hydrogen) atoms. The van der Waals surface area contributed by atoms with Gasteiger partial charge in [0.2, 0.25) is 0 Å². The Labute approximate surface area is 140 Å². The molecule has 1 heterocycles. The minimum atomic E-state index is -0.835. The van der Waals surface area contributed by atoms with Crippen LogP contribution in [0.2, 0.25) is 0 Å². The molecule has 0 unspecified atom stereocenters. The molecule has 0 spiro atoms. The molecule has 7 nitrogen and oxygen atoms in total. The molecule has 0 aromatic carbocycles. The number of esters is 2. The first-order chi connectivity index (χ1) is 10.7. The van der Waals surface area contributed by atoms with Gasteiger partial charge in [-0.05, 0) is 12.3 Å². The summed E-state index contributed by atoms with van der Waals surface area (Å²) in [6, 6.07) is 0. The standard InChI is InChI=1S/C15H24O7S/c1-8(2)6-12-7-19-15(23-22-11(5)18)14(21-10(4)17)13(12)20-9(3)16/h8,12-15H,6-7H2,1-5H3/t12-,13+,14-,15+/m1/s1. The maximum atomic E-state index is 11.5. The van der Waals surface area contributed by atoms with Crippen molar-refractivity contribution in [2.24, 2.45) is 11.8 Å². The van der Waals surface area contributed by atoms with Crippen LogP contribution in [0.1, 0.15) is 41.0 Å². The normalized spacial score (nSPS) is 27.4. The molecular formula is C15H24O7S. The van der Waals surface area contributed by atoms with Crippen LogP contribution in [0.4, 0.5) is 0 Å². The largest absolute Gasteiger partial charge is 0.458 e. The van der Waals surface area contributed by atoms with Crippen LogP contribution in [-0.2, 0) is 32.8 Å². The van der Waals surface area contributed by atoms with E-state index < -0.39 is 35.6 Å². The molecule has 8 heteroatoms. The molecular weight excluding hydrogens is 324 g/mol. The van der Waals surface area contributed by atoms with Gasteiger partial charge in [0, 0.05) is 26.7 Å². The summed E-state index contributed by atoms with van der Waals surface area (Å²) < 4.78 is 21.3. The van der Waals surface area contributed by atoms with Gasteiger partial charge in [-0.15, -0.1) is 0 Å². The van der Waals surface area contributed by atoms with Crippen LogP contribution < -0.4 is 0 Å². The Morgan fingerprint density at radius 3 is 2.09 bits per heavy atom. The zero-order valence-corrected chi connectivity index (χ0v) is 14.9. The Bertz CT molecular complexity index is 438.